The van der Waals surface area contributed by atoms with E-state index in [2.05, 4.69) is 10.3 Å². The van der Waals surface area contributed by atoms with Crippen molar-refractivity contribution in [3.63, 3.8) is 0 Å². The number of hydrogen-bond donors (Lipinski definition) is 1. The van der Waals surface area contributed by atoms with Crippen molar-refractivity contribution in [2.24, 2.45) is 0 Å². The van der Waals surface area contributed by atoms with Gasteiger partial charge in [-0.3, -0.25) is 4.79 Å². The van der Waals surface area contributed by atoms with Gasteiger partial charge in [0.1, 0.15) is 11.9 Å². The van der Waals surface area contributed by atoms with Crippen LogP contribution in [0, 0.1) is 6.92 Å². The number of carbonyl (C=O) groups is 1. The quantitative estimate of drug-likeness (QED) is 0.855. The fourth-order valence-electron chi connectivity index (χ4n) is 2.81. The van der Waals surface area contributed by atoms with E-state index in [1.165, 1.54) is 11.3 Å². The number of aromatic nitrogens is 1. The molecular weight excluding hydrogens is 340 g/mol. The van der Waals surface area contributed by atoms with E-state index in [-0.39, 0.29) is 18.1 Å². The molecule has 3 rings (SSSR count). The smallest absolute Gasteiger partial charge is 0.251 e. The molecule has 0 radical (unpaired) electrons. The summed E-state index contributed by atoms with van der Waals surface area (Å²) < 4.78 is 16.7. The molecule has 1 aliphatic heterocycles. The molecule has 0 spiro atoms. The van der Waals surface area contributed by atoms with Gasteiger partial charge in [0.15, 0.2) is 0 Å². The molecule has 7 heteroatoms. The lowest BCUT2D eigenvalue weighted by molar-refractivity contribution is -0.0742. The predicted octanol–water partition coefficient (Wildman–Crippen LogP) is 2.56. The van der Waals surface area contributed by atoms with E-state index in [9.17, 15) is 4.79 Å². The largest absolute Gasteiger partial charge is 0.496 e. The number of rotatable bonds is 6. The first-order valence-corrected chi connectivity index (χ1v) is 9.13. The number of nitrogens with one attached hydrogen (secondary N) is 1. The molecule has 1 N–H and O–H groups in total. The summed E-state index contributed by atoms with van der Waals surface area (Å²) in [5.41, 5.74) is 4.22. The maximum atomic E-state index is 12.6. The zero-order valence-corrected chi connectivity index (χ0v) is 15.2. The molecule has 6 nitrogen and oxygen atoms in total. The van der Waals surface area contributed by atoms with Crippen LogP contribution in [0.25, 0.3) is 0 Å². The second-order valence-corrected chi connectivity index (χ2v) is 6.68. The molecule has 1 aliphatic rings. The number of nitrogens with zero attached hydrogens (tertiary/aromatic N) is 1. The molecule has 2 aromatic rings. The van der Waals surface area contributed by atoms with Gasteiger partial charge in [-0.2, -0.15) is 0 Å². The fraction of sp³-hybridized carbons (Fsp3) is 0.444. The third kappa shape index (κ3) is 4.56. The number of hydrogen-bond acceptors (Lipinski definition) is 6. The third-order valence-corrected chi connectivity index (χ3v) is 4.84. The van der Waals surface area contributed by atoms with Crippen LogP contribution < -0.4 is 10.1 Å². The molecular formula is C18H22N2O4S. The van der Waals surface area contributed by atoms with Gasteiger partial charge in [0, 0.05) is 17.6 Å². The molecule has 2 heterocycles. The van der Waals surface area contributed by atoms with Gasteiger partial charge in [0.05, 0.1) is 37.6 Å². The second-order valence-electron chi connectivity index (χ2n) is 5.96. The van der Waals surface area contributed by atoms with Crippen molar-refractivity contribution in [2.75, 3.05) is 20.3 Å². The normalized spacial score (nSPS) is 20.2. The molecule has 0 unspecified atom stereocenters. The van der Waals surface area contributed by atoms with Crippen molar-refractivity contribution in [3.05, 3.63) is 45.9 Å². The van der Waals surface area contributed by atoms with Crippen molar-refractivity contribution in [3.8, 4) is 5.75 Å². The van der Waals surface area contributed by atoms with Crippen molar-refractivity contribution in [1.82, 2.24) is 10.3 Å². The number of amides is 1. The first-order valence-electron chi connectivity index (χ1n) is 8.19. The Bertz CT molecular complexity index is 705. The number of thiazole rings is 1. The SMILES string of the molecule is COc1ccc(C(=O)N[C@@H]2CCOC[C@H]2OCc2cscn2)cc1C. The topological polar surface area (TPSA) is 69.7 Å². The Morgan fingerprint density at radius 2 is 2.36 bits per heavy atom. The monoisotopic (exact) mass is 362 g/mol. The van der Waals surface area contributed by atoms with Gasteiger partial charge in [-0.25, -0.2) is 4.98 Å². The Hall–Kier alpha value is -1.96. The third-order valence-electron chi connectivity index (χ3n) is 4.21. The molecule has 1 fully saturated rings. The first kappa shape index (κ1) is 17.8. The van der Waals surface area contributed by atoms with Crippen molar-refractivity contribution in [2.45, 2.75) is 32.1 Å². The number of benzene rings is 1. The van der Waals surface area contributed by atoms with Crippen molar-refractivity contribution >= 4 is 17.2 Å². The van der Waals surface area contributed by atoms with Crippen LogP contribution in [-0.4, -0.2) is 43.4 Å². The molecule has 134 valence electrons. The Balaban J connectivity index is 1.62. The lowest BCUT2D eigenvalue weighted by Crippen LogP contribution is -2.50. The van der Waals surface area contributed by atoms with Crippen LogP contribution in [0.4, 0.5) is 0 Å². The summed E-state index contributed by atoms with van der Waals surface area (Å²) in [5.74, 6) is 0.659. The molecule has 1 saturated heterocycles. The molecule has 25 heavy (non-hydrogen) atoms. The maximum absolute atomic E-state index is 12.6. The summed E-state index contributed by atoms with van der Waals surface area (Å²) in [6, 6.07) is 5.33. The summed E-state index contributed by atoms with van der Waals surface area (Å²) in [6.45, 7) is 3.43. The van der Waals surface area contributed by atoms with Crippen LogP contribution in [-0.2, 0) is 16.1 Å². The molecule has 0 aliphatic carbocycles. The van der Waals surface area contributed by atoms with Crippen molar-refractivity contribution in [1.29, 1.82) is 0 Å². The highest BCUT2D eigenvalue weighted by Gasteiger charge is 2.28. The van der Waals surface area contributed by atoms with Gasteiger partial charge in [0.2, 0.25) is 0 Å². The summed E-state index contributed by atoms with van der Waals surface area (Å²) in [7, 11) is 1.62. The highest BCUT2D eigenvalue weighted by atomic mass is 32.1. The molecule has 2 atom stereocenters. The predicted molar refractivity (Wildman–Crippen MR) is 95.1 cm³/mol. The minimum atomic E-state index is -0.182. The highest BCUT2D eigenvalue weighted by Crippen LogP contribution is 2.19. The Kier molecular flexibility index (Phi) is 6.01. The summed E-state index contributed by atoms with van der Waals surface area (Å²) in [5, 5.41) is 5.03. The molecule has 0 bridgehead atoms. The van der Waals surface area contributed by atoms with E-state index >= 15 is 0 Å². The maximum Gasteiger partial charge on any atom is 0.251 e. The molecule has 1 aromatic carbocycles. The molecule has 1 aromatic heterocycles. The van der Waals surface area contributed by atoms with E-state index in [0.717, 1.165) is 23.4 Å². The first-order chi connectivity index (χ1) is 12.2. The van der Waals surface area contributed by atoms with Crippen LogP contribution in [0.3, 0.4) is 0 Å². The zero-order valence-electron chi connectivity index (χ0n) is 14.4. The average Bonchev–Trinajstić information content (AvgIpc) is 3.14. The molecule has 1 amide bonds. The van der Waals surface area contributed by atoms with E-state index in [1.807, 2.05) is 24.4 Å². The zero-order chi connectivity index (χ0) is 17.6. The van der Waals surface area contributed by atoms with E-state index < -0.39 is 0 Å². The average molecular weight is 362 g/mol. The van der Waals surface area contributed by atoms with Gasteiger partial charge in [-0.05, 0) is 37.1 Å². The second kappa shape index (κ2) is 8.42. The highest BCUT2D eigenvalue weighted by molar-refractivity contribution is 7.07. The van der Waals surface area contributed by atoms with Gasteiger partial charge in [0.25, 0.3) is 5.91 Å². The summed E-state index contributed by atoms with van der Waals surface area (Å²) in [4.78, 5) is 16.8. The van der Waals surface area contributed by atoms with E-state index in [0.29, 0.717) is 25.4 Å². The van der Waals surface area contributed by atoms with Gasteiger partial charge in [-0.15, -0.1) is 11.3 Å². The number of ether oxygens (including phenoxy) is 3. The number of methoxy groups -OCH3 is 1. The minimum absolute atomic E-state index is 0.0812. The van der Waals surface area contributed by atoms with Crippen LogP contribution in [0.1, 0.15) is 28.0 Å². The summed E-state index contributed by atoms with van der Waals surface area (Å²) in [6.07, 6.45) is 0.543. The van der Waals surface area contributed by atoms with Crippen LogP contribution in [0.15, 0.2) is 29.1 Å². The minimum Gasteiger partial charge on any atom is -0.496 e. The number of aryl methyl sites for hydroxylation is 1. The Morgan fingerprint density at radius 3 is 3.08 bits per heavy atom. The van der Waals surface area contributed by atoms with Crippen molar-refractivity contribution < 1.29 is 19.0 Å². The van der Waals surface area contributed by atoms with Gasteiger partial charge < -0.3 is 19.5 Å². The lowest BCUT2D eigenvalue weighted by Gasteiger charge is -2.32. The summed E-state index contributed by atoms with van der Waals surface area (Å²) >= 11 is 1.54. The van der Waals surface area contributed by atoms with Gasteiger partial charge >= 0.3 is 0 Å². The molecule has 0 saturated carbocycles. The van der Waals surface area contributed by atoms with Gasteiger partial charge in [-0.1, -0.05) is 0 Å². The standard InChI is InChI=1S/C18H22N2O4S/c1-12-7-13(3-4-16(12)22-2)18(21)20-15-5-6-23-9-17(15)24-8-14-10-25-11-19-14/h3-4,7,10-11,15,17H,5-6,8-9H2,1-2H3,(H,20,21)/t15-,17-/m1/s1. The Morgan fingerprint density at radius 1 is 1.48 bits per heavy atom. The van der Waals surface area contributed by atoms with Crippen LogP contribution in [0.5, 0.6) is 5.75 Å². The lowest BCUT2D eigenvalue weighted by atomic mass is 10.0. The van der Waals surface area contributed by atoms with Crippen LogP contribution >= 0.6 is 11.3 Å². The van der Waals surface area contributed by atoms with E-state index in [1.54, 1.807) is 18.7 Å². The van der Waals surface area contributed by atoms with Crippen LogP contribution in [0.2, 0.25) is 0 Å². The Labute approximate surface area is 151 Å². The number of carbonyl (C=O) groups excluding carboxylic acids is 1. The van der Waals surface area contributed by atoms with E-state index in [4.69, 9.17) is 14.2 Å². The fourth-order valence-corrected chi connectivity index (χ4v) is 3.36.